The Hall–Kier alpha value is -10.2. The molecule has 0 fully saturated rings. The van der Waals surface area contributed by atoms with E-state index in [0.717, 1.165) is 22.8 Å². The number of aryl methyl sites for hydroxylation is 2. The third-order valence-corrected chi connectivity index (χ3v) is 14.7. The van der Waals surface area contributed by atoms with E-state index >= 15 is 0 Å². The van der Waals surface area contributed by atoms with Crippen LogP contribution in [-0.4, -0.2) is 13.4 Å². The molecule has 0 saturated heterocycles. The number of hydrogen-bond acceptors (Lipinski definition) is 2. The molecule has 4 heterocycles. The van der Waals surface area contributed by atoms with Gasteiger partial charge in [-0.05, 0) is 127 Å². The van der Waals surface area contributed by atoms with E-state index in [9.17, 15) is 0 Å². The average Bonchev–Trinajstić information content (AvgIpc) is 3.86. The summed E-state index contributed by atoms with van der Waals surface area (Å²) in [5, 5.41) is 0. The van der Waals surface area contributed by atoms with Crippen LogP contribution < -0.4 is 11.3 Å². The average molecular weight is 1050 g/mol. The molecular weight excluding hydrogens is 990 g/mol. The molecule has 0 spiro atoms. The van der Waals surface area contributed by atoms with Crippen LogP contribution in [0, 0.1) is 13.8 Å². The number of allylic oxidation sites excluding steroid dienone is 4. The first-order chi connectivity index (χ1) is 40.6. The maximum absolute atomic E-state index is 6.37. The van der Waals surface area contributed by atoms with Crippen molar-refractivity contribution in [2.45, 2.75) is 13.8 Å². The van der Waals surface area contributed by atoms with E-state index in [4.69, 9.17) is 8.83 Å². The van der Waals surface area contributed by atoms with Crippen LogP contribution in [0.25, 0.3) is 44.2 Å². The molecule has 0 amide bonds. The van der Waals surface area contributed by atoms with Crippen LogP contribution >= 0.6 is 0 Å². The fraction of sp³-hybridized carbons (Fsp3) is 0.0256. The lowest BCUT2D eigenvalue weighted by atomic mass is 9.37. The third kappa shape index (κ3) is 12.3. The molecule has 0 N–H and O–H groups in total. The standard InChI is InChI=1S/2C33H25BO.2C6H6/c2*1-24-22-23-29(35-24)34-32(27-18-10-4-11-19-27)30(25-14-6-2-7-15-25)31(26-16-8-3-9-17-26)33(34)28-20-12-5-13-21-28;2*1-2-4-6-5-3-1/h2*2-23H,1H3;2*1-6H. The minimum absolute atomic E-state index is 0.0288. The number of hydrogen-bond donors (Lipinski definition) is 0. The number of furan rings is 2. The van der Waals surface area contributed by atoms with Gasteiger partial charge in [-0.25, -0.2) is 0 Å². The second kappa shape index (κ2) is 26.7. The monoisotopic (exact) mass is 1050 g/mol. The maximum Gasteiger partial charge on any atom is 0.290 e. The lowest BCUT2D eigenvalue weighted by Gasteiger charge is -2.16. The first-order valence-electron chi connectivity index (χ1n) is 28.2. The highest BCUT2D eigenvalue weighted by molar-refractivity contribution is 7.08. The molecule has 0 saturated carbocycles. The van der Waals surface area contributed by atoms with E-state index < -0.39 is 0 Å². The Bertz CT molecular complexity index is 3520. The molecule has 2 aliphatic heterocycles. The molecule has 2 aromatic heterocycles. The summed E-state index contributed by atoms with van der Waals surface area (Å²) < 4.78 is 12.7. The van der Waals surface area contributed by atoms with Crippen molar-refractivity contribution < 1.29 is 8.83 Å². The molecule has 392 valence electrons. The summed E-state index contributed by atoms with van der Waals surface area (Å²) in [4.78, 5) is 0. The van der Waals surface area contributed by atoms with Crippen molar-refractivity contribution in [3.63, 3.8) is 0 Å². The van der Waals surface area contributed by atoms with Crippen molar-refractivity contribution in [2.24, 2.45) is 0 Å². The fourth-order valence-electron chi connectivity index (χ4n) is 11.3. The summed E-state index contributed by atoms with van der Waals surface area (Å²) >= 11 is 0. The molecule has 10 aromatic carbocycles. The van der Waals surface area contributed by atoms with Gasteiger partial charge in [-0.1, -0.05) is 315 Å². The number of rotatable bonds is 10. The first kappa shape index (κ1) is 53.8. The van der Waals surface area contributed by atoms with Crippen molar-refractivity contribution in [2.75, 3.05) is 0 Å². The van der Waals surface area contributed by atoms with Crippen molar-refractivity contribution in [3.8, 4) is 0 Å². The molecule has 14 rings (SSSR count). The van der Waals surface area contributed by atoms with Gasteiger partial charge in [0, 0.05) is 0 Å². The molecule has 0 atom stereocenters. The molecule has 0 unspecified atom stereocenters. The minimum atomic E-state index is -0.0288. The summed E-state index contributed by atoms with van der Waals surface area (Å²) in [5.74, 6) is 1.85. The molecule has 0 aliphatic carbocycles. The lowest BCUT2D eigenvalue weighted by Crippen LogP contribution is -2.31. The van der Waals surface area contributed by atoms with Gasteiger partial charge in [-0.15, -0.1) is 0 Å². The van der Waals surface area contributed by atoms with E-state index in [-0.39, 0.29) is 13.4 Å². The first-order valence-corrected chi connectivity index (χ1v) is 28.2. The van der Waals surface area contributed by atoms with Gasteiger partial charge in [0.2, 0.25) is 0 Å². The van der Waals surface area contributed by atoms with Crippen LogP contribution in [0.4, 0.5) is 0 Å². The maximum atomic E-state index is 6.37. The van der Waals surface area contributed by atoms with Crippen LogP contribution in [0.3, 0.4) is 0 Å². The predicted octanol–water partition coefficient (Wildman–Crippen LogP) is 18.6. The van der Waals surface area contributed by atoms with E-state index in [2.05, 4.69) is 267 Å². The van der Waals surface area contributed by atoms with Crippen molar-refractivity contribution in [1.29, 1.82) is 0 Å². The molecule has 0 radical (unpaired) electrons. The van der Waals surface area contributed by atoms with Gasteiger partial charge in [-0.2, -0.15) is 0 Å². The molecule has 0 bridgehead atoms. The van der Waals surface area contributed by atoms with Crippen LogP contribution in [0.15, 0.2) is 349 Å². The van der Waals surface area contributed by atoms with Gasteiger partial charge in [0.1, 0.15) is 0 Å². The van der Waals surface area contributed by atoms with Gasteiger partial charge in [0.05, 0.1) is 22.8 Å². The SMILES string of the molecule is Cc1ccc(B2C(c3ccccc3)=C(c3ccccc3)C(c3ccccc3)=C2c2ccccc2)o1.Cc1ccc(B2C(c3ccccc3)=C(c3ccccc3)C(c3ccccc3)=C2c2ccccc2)o1.c1ccccc1.c1ccccc1. The predicted molar refractivity (Wildman–Crippen MR) is 349 cm³/mol. The number of benzene rings is 10. The zero-order valence-electron chi connectivity index (χ0n) is 46.3. The molecule has 12 aromatic rings. The highest BCUT2D eigenvalue weighted by Crippen LogP contribution is 2.52. The Morgan fingerprint density at radius 1 is 0.183 bits per heavy atom. The summed E-state index contributed by atoms with van der Waals surface area (Å²) in [5.41, 5.74) is 21.8. The topological polar surface area (TPSA) is 26.3 Å². The zero-order valence-corrected chi connectivity index (χ0v) is 46.3. The van der Waals surface area contributed by atoms with Gasteiger partial charge in [-0.3, -0.25) is 0 Å². The Morgan fingerprint density at radius 3 is 0.500 bits per heavy atom. The van der Waals surface area contributed by atoms with E-state index in [0.29, 0.717) is 0 Å². The quantitative estimate of drug-likeness (QED) is 0.128. The Kier molecular flexibility index (Phi) is 17.5. The molecule has 2 aliphatic rings. The third-order valence-electron chi connectivity index (χ3n) is 14.7. The minimum Gasteiger partial charge on any atom is -0.476 e. The van der Waals surface area contributed by atoms with Crippen LogP contribution in [-0.2, 0) is 0 Å². The van der Waals surface area contributed by atoms with E-state index in [1.54, 1.807) is 0 Å². The Morgan fingerprint density at radius 2 is 0.341 bits per heavy atom. The summed E-state index contributed by atoms with van der Waals surface area (Å²) in [6.45, 7) is 3.98. The Balaban J connectivity index is 0.000000143. The largest absolute Gasteiger partial charge is 0.476 e. The highest BCUT2D eigenvalue weighted by Gasteiger charge is 2.43. The molecule has 4 heteroatoms. The van der Waals surface area contributed by atoms with Crippen LogP contribution in [0.1, 0.15) is 56.0 Å². The van der Waals surface area contributed by atoms with E-state index in [1.807, 2.05) is 86.6 Å². The summed E-state index contributed by atoms with van der Waals surface area (Å²) in [6, 6.07) is 119. The lowest BCUT2D eigenvalue weighted by molar-refractivity contribution is 0.564. The van der Waals surface area contributed by atoms with Crippen molar-refractivity contribution in [3.05, 3.63) is 396 Å². The second-order valence-electron chi connectivity index (χ2n) is 20.2. The zero-order chi connectivity index (χ0) is 55.7. The molecule has 2 nitrogen and oxygen atoms in total. The summed E-state index contributed by atoms with van der Waals surface area (Å²) in [7, 11) is 0. The second-order valence-corrected chi connectivity index (χ2v) is 20.2. The highest BCUT2D eigenvalue weighted by atomic mass is 16.3. The molecule has 82 heavy (non-hydrogen) atoms. The van der Waals surface area contributed by atoms with Crippen LogP contribution in [0.2, 0.25) is 0 Å². The van der Waals surface area contributed by atoms with Gasteiger partial charge >= 0.3 is 0 Å². The van der Waals surface area contributed by atoms with Gasteiger partial charge < -0.3 is 8.83 Å². The van der Waals surface area contributed by atoms with Gasteiger partial charge in [0.15, 0.2) is 0 Å². The Labute approximate surface area is 484 Å². The van der Waals surface area contributed by atoms with E-state index in [1.165, 1.54) is 88.7 Å². The smallest absolute Gasteiger partial charge is 0.290 e. The van der Waals surface area contributed by atoms with Crippen molar-refractivity contribution in [1.82, 2.24) is 0 Å². The summed E-state index contributed by atoms with van der Waals surface area (Å²) in [6.07, 6.45) is 0. The molecular formula is C78H62B2O2. The van der Waals surface area contributed by atoms with Crippen LogP contribution in [0.5, 0.6) is 0 Å². The van der Waals surface area contributed by atoms with Gasteiger partial charge in [0.25, 0.3) is 13.4 Å². The normalized spacial score (nSPS) is 12.8. The fourth-order valence-corrected chi connectivity index (χ4v) is 11.3. The van der Waals surface area contributed by atoms with Crippen molar-refractivity contribution >= 4 is 68.9 Å².